The Morgan fingerprint density at radius 2 is 1.65 bits per heavy atom. The average molecular weight is 470 g/mol. The van der Waals surface area contributed by atoms with Crippen molar-refractivity contribution in [1.82, 2.24) is 19.5 Å². The number of halogens is 1. The summed E-state index contributed by atoms with van der Waals surface area (Å²) in [5.74, 6) is 1.35. The molecule has 5 aromatic rings. The third kappa shape index (κ3) is 4.07. The number of aromatic nitrogens is 4. The molecule has 0 aliphatic heterocycles. The van der Waals surface area contributed by atoms with E-state index in [-0.39, 0.29) is 6.04 Å². The summed E-state index contributed by atoms with van der Waals surface area (Å²) in [5.41, 5.74) is 5.39. The van der Waals surface area contributed by atoms with Gasteiger partial charge in [0.05, 0.1) is 17.1 Å². The van der Waals surface area contributed by atoms with Crippen LogP contribution in [-0.2, 0) is 0 Å². The molecule has 5 nitrogen and oxygen atoms in total. The van der Waals surface area contributed by atoms with Gasteiger partial charge in [-0.15, -0.1) is 0 Å². The maximum atomic E-state index is 4.74. The minimum atomic E-state index is 0.0972. The van der Waals surface area contributed by atoms with E-state index in [1.165, 1.54) is 5.56 Å². The second-order valence-corrected chi connectivity index (χ2v) is 8.26. The molecule has 1 atom stereocenters. The Hall–Kier alpha value is -3.51. The predicted octanol–water partition coefficient (Wildman–Crippen LogP) is 6.42. The highest BCUT2D eigenvalue weighted by Gasteiger charge is 2.11. The molecule has 0 unspecified atom stereocenters. The van der Waals surface area contributed by atoms with E-state index in [9.17, 15) is 0 Å². The van der Waals surface area contributed by atoms with Crippen LogP contribution in [0.5, 0.6) is 0 Å². The van der Waals surface area contributed by atoms with E-state index in [0.717, 1.165) is 32.5 Å². The maximum absolute atomic E-state index is 4.74. The molecule has 0 spiro atoms. The minimum absolute atomic E-state index is 0.0972. The molecule has 0 amide bonds. The average Bonchev–Trinajstić information content (AvgIpc) is 3.24. The van der Waals surface area contributed by atoms with Gasteiger partial charge in [0.2, 0.25) is 5.95 Å². The van der Waals surface area contributed by atoms with Crippen LogP contribution in [0.25, 0.3) is 28.0 Å². The Bertz CT molecular complexity index is 1330. The Labute approximate surface area is 189 Å². The first-order valence-corrected chi connectivity index (χ1v) is 10.8. The van der Waals surface area contributed by atoms with Crippen molar-refractivity contribution in [2.75, 3.05) is 5.32 Å². The molecule has 2 aromatic heterocycles. The molecule has 1 N–H and O–H groups in total. The van der Waals surface area contributed by atoms with E-state index in [2.05, 4.69) is 74.5 Å². The van der Waals surface area contributed by atoms with Crippen molar-refractivity contribution in [3.63, 3.8) is 0 Å². The van der Waals surface area contributed by atoms with Gasteiger partial charge in [-0.3, -0.25) is 4.57 Å². The van der Waals surface area contributed by atoms with Gasteiger partial charge in [-0.25, -0.2) is 9.97 Å². The molecule has 0 saturated carbocycles. The largest absolute Gasteiger partial charge is 0.348 e. The Balaban J connectivity index is 1.48. The van der Waals surface area contributed by atoms with Crippen molar-refractivity contribution in [3.8, 4) is 16.9 Å². The van der Waals surface area contributed by atoms with Crippen LogP contribution in [0.1, 0.15) is 18.5 Å². The lowest BCUT2D eigenvalue weighted by Crippen LogP contribution is -2.10. The summed E-state index contributed by atoms with van der Waals surface area (Å²) in [7, 11) is 0. The van der Waals surface area contributed by atoms with Crippen LogP contribution in [0.4, 0.5) is 5.95 Å². The fraction of sp³-hybridized carbons (Fsp3) is 0.0800. The van der Waals surface area contributed by atoms with Gasteiger partial charge in [0.15, 0.2) is 0 Å². The van der Waals surface area contributed by atoms with Gasteiger partial charge in [0, 0.05) is 10.7 Å². The third-order valence-electron chi connectivity index (χ3n) is 5.26. The van der Waals surface area contributed by atoms with Gasteiger partial charge in [-0.05, 0) is 53.9 Å². The first-order chi connectivity index (χ1) is 15.2. The molecule has 6 heteroatoms. The standard InChI is InChI=1S/C25H20BrN5/c1-17(18-5-3-2-4-6-18)29-25-27-14-13-24(30-25)31-16-28-22-12-9-20(15-23(22)31)19-7-10-21(26)11-8-19/h2-17H,1H3,(H,27,29,30)/t17-/m0/s1. The zero-order valence-electron chi connectivity index (χ0n) is 16.9. The van der Waals surface area contributed by atoms with Gasteiger partial charge in [0.1, 0.15) is 12.1 Å². The van der Waals surface area contributed by atoms with Crippen LogP contribution in [0.15, 0.2) is 95.9 Å². The van der Waals surface area contributed by atoms with Gasteiger partial charge < -0.3 is 5.32 Å². The number of fused-ring (bicyclic) bond motifs is 1. The smallest absolute Gasteiger partial charge is 0.225 e. The van der Waals surface area contributed by atoms with E-state index in [1.54, 1.807) is 6.20 Å². The molecular weight excluding hydrogens is 450 g/mol. The van der Waals surface area contributed by atoms with Gasteiger partial charge >= 0.3 is 0 Å². The number of anilines is 1. The molecular formula is C25H20BrN5. The second-order valence-electron chi connectivity index (χ2n) is 7.34. The quantitative estimate of drug-likeness (QED) is 0.322. The molecule has 3 aromatic carbocycles. The minimum Gasteiger partial charge on any atom is -0.348 e. The summed E-state index contributed by atoms with van der Waals surface area (Å²) in [6, 6.07) is 26.8. The topological polar surface area (TPSA) is 55.6 Å². The fourth-order valence-corrected chi connectivity index (χ4v) is 3.85. The third-order valence-corrected chi connectivity index (χ3v) is 5.79. The number of nitrogens with one attached hydrogen (secondary N) is 1. The number of rotatable bonds is 5. The molecule has 0 aliphatic carbocycles. The summed E-state index contributed by atoms with van der Waals surface area (Å²) in [6.45, 7) is 2.10. The number of hydrogen-bond donors (Lipinski definition) is 1. The Morgan fingerprint density at radius 3 is 2.45 bits per heavy atom. The fourth-order valence-electron chi connectivity index (χ4n) is 3.58. The van der Waals surface area contributed by atoms with Crippen LogP contribution in [-0.4, -0.2) is 19.5 Å². The number of nitrogens with zero attached hydrogens (tertiary/aromatic N) is 4. The lowest BCUT2D eigenvalue weighted by Gasteiger charge is -2.14. The molecule has 0 aliphatic rings. The summed E-state index contributed by atoms with van der Waals surface area (Å²) in [6.07, 6.45) is 3.58. The Kier molecular flexibility index (Phi) is 5.22. The van der Waals surface area contributed by atoms with Gasteiger partial charge in [-0.1, -0.05) is 64.5 Å². The van der Waals surface area contributed by atoms with Crippen LogP contribution in [0, 0.1) is 0 Å². The van der Waals surface area contributed by atoms with Crippen LogP contribution >= 0.6 is 15.9 Å². The predicted molar refractivity (Wildman–Crippen MR) is 128 cm³/mol. The number of benzene rings is 3. The molecule has 0 bridgehead atoms. The molecule has 0 saturated heterocycles. The van der Waals surface area contributed by atoms with E-state index in [1.807, 2.05) is 53.4 Å². The normalized spacial score (nSPS) is 12.1. The SMILES string of the molecule is C[C@H](Nc1nccc(-n2cnc3ccc(-c4ccc(Br)cc4)cc32)n1)c1ccccc1. The van der Waals surface area contributed by atoms with E-state index < -0.39 is 0 Å². The summed E-state index contributed by atoms with van der Waals surface area (Å²) in [4.78, 5) is 13.7. The molecule has 2 heterocycles. The van der Waals surface area contributed by atoms with Crippen molar-refractivity contribution in [2.24, 2.45) is 0 Å². The van der Waals surface area contributed by atoms with Crippen molar-refractivity contribution < 1.29 is 0 Å². The van der Waals surface area contributed by atoms with E-state index in [0.29, 0.717) is 5.95 Å². The highest BCUT2D eigenvalue weighted by atomic mass is 79.9. The Morgan fingerprint density at radius 1 is 0.871 bits per heavy atom. The van der Waals surface area contributed by atoms with Crippen molar-refractivity contribution in [3.05, 3.63) is 101 Å². The molecule has 5 rings (SSSR count). The number of imidazole rings is 1. The maximum Gasteiger partial charge on any atom is 0.225 e. The first-order valence-electron chi connectivity index (χ1n) is 10.1. The zero-order chi connectivity index (χ0) is 21.2. The van der Waals surface area contributed by atoms with Gasteiger partial charge in [0.25, 0.3) is 0 Å². The highest BCUT2D eigenvalue weighted by Crippen LogP contribution is 2.27. The van der Waals surface area contributed by atoms with Crippen LogP contribution in [0.3, 0.4) is 0 Å². The van der Waals surface area contributed by atoms with Gasteiger partial charge in [-0.2, -0.15) is 4.98 Å². The molecule has 0 radical (unpaired) electrons. The first kappa shape index (κ1) is 19.5. The van der Waals surface area contributed by atoms with Crippen molar-refractivity contribution >= 4 is 32.9 Å². The van der Waals surface area contributed by atoms with Crippen molar-refractivity contribution in [1.29, 1.82) is 0 Å². The monoisotopic (exact) mass is 469 g/mol. The lowest BCUT2D eigenvalue weighted by atomic mass is 10.1. The van der Waals surface area contributed by atoms with E-state index in [4.69, 9.17) is 4.98 Å². The summed E-state index contributed by atoms with van der Waals surface area (Å²) >= 11 is 3.50. The molecule has 152 valence electrons. The molecule has 31 heavy (non-hydrogen) atoms. The summed E-state index contributed by atoms with van der Waals surface area (Å²) < 4.78 is 3.06. The van der Waals surface area contributed by atoms with E-state index >= 15 is 0 Å². The van der Waals surface area contributed by atoms with Crippen molar-refractivity contribution in [2.45, 2.75) is 13.0 Å². The van der Waals surface area contributed by atoms with Crippen LogP contribution < -0.4 is 5.32 Å². The lowest BCUT2D eigenvalue weighted by molar-refractivity contribution is 0.854. The zero-order valence-corrected chi connectivity index (χ0v) is 18.5. The second kappa shape index (κ2) is 8.32. The van der Waals surface area contributed by atoms with Crippen LogP contribution in [0.2, 0.25) is 0 Å². The molecule has 0 fully saturated rings. The number of hydrogen-bond acceptors (Lipinski definition) is 4. The summed E-state index contributed by atoms with van der Waals surface area (Å²) in [5, 5.41) is 3.39. The highest BCUT2D eigenvalue weighted by molar-refractivity contribution is 9.10.